The maximum absolute atomic E-state index is 14.7. The lowest BCUT2D eigenvalue weighted by Crippen LogP contribution is -2.36. The maximum Gasteiger partial charge on any atom is 0.304 e. The van der Waals surface area contributed by atoms with Gasteiger partial charge in [0.2, 0.25) is 0 Å². The quantitative estimate of drug-likeness (QED) is 0.318. The smallest absolute Gasteiger partial charge is 0.304 e. The number of nitrogens with zero attached hydrogens (tertiary/aromatic N) is 4. The average molecular weight is 529 g/mol. The number of benzene rings is 3. The van der Waals surface area contributed by atoms with Crippen LogP contribution in [-0.2, 0) is 31.4 Å². The van der Waals surface area contributed by atoms with Crippen LogP contribution in [0.25, 0.3) is 11.0 Å². The SMILES string of the molecule is Cc1ccc([C@H](CC(=O)O)c2ccc3c(nnn3C)c2C)cc1CN1Cc2cccc(F)c2CCC(C)(C)C1. The molecule has 0 saturated heterocycles. The Labute approximate surface area is 229 Å². The number of aromatic nitrogens is 3. The van der Waals surface area contributed by atoms with E-state index in [-0.39, 0.29) is 23.6 Å². The van der Waals surface area contributed by atoms with Crippen LogP contribution in [0, 0.1) is 25.1 Å². The number of hydrogen-bond acceptors (Lipinski definition) is 4. The van der Waals surface area contributed by atoms with Crippen molar-refractivity contribution in [2.45, 2.75) is 66.0 Å². The number of fused-ring (bicyclic) bond motifs is 2. The molecule has 39 heavy (non-hydrogen) atoms. The summed E-state index contributed by atoms with van der Waals surface area (Å²) in [5.41, 5.74) is 8.85. The van der Waals surface area contributed by atoms with Crippen LogP contribution in [0.4, 0.5) is 4.39 Å². The monoisotopic (exact) mass is 528 g/mol. The van der Waals surface area contributed by atoms with Gasteiger partial charge >= 0.3 is 5.97 Å². The molecule has 0 fully saturated rings. The lowest BCUT2D eigenvalue weighted by atomic mass is 9.82. The summed E-state index contributed by atoms with van der Waals surface area (Å²) >= 11 is 0. The number of carboxylic acid groups (broad SMARTS) is 1. The van der Waals surface area contributed by atoms with E-state index >= 15 is 0 Å². The molecule has 3 aromatic carbocycles. The Morgan fingerprint density at radius 1 is 1.15 bits per heavy atom. The molecule has 0 amide bonds. The Hall–Kier alpha value is -3.58. The molecule has 0 bridgehead atoms. The van der Waals surface area contributed by atoms with Gasteiger partial charge in [0.15, 0.2) is 0 Å². The Bertz CT molecular complexity index is 1540. The summed E-state index contributed by atoms with van der Waals surface area (Å²) in [6.45, 7) is 10.9. The van der Waals surface area contributed by atoms with Gasteiger partial charge in [-0.15, -0.1) is 5.10 Å². The molecule has 2 heterocycles. The number of aliphatic carboxylic acids is 1. The second-order valence-corrected chi connectivity index (χ2v) is 11.9. The van der Waals surface area contributed by atoms with Gasteiger partial charge in [0.05, 0.1) is 11.9 Å². The van der Waals surface area contributed by atoms with E-state index in [4.69, 9.17) is 0 Å². The Balaban J connectivity index is 1.52. The van der Waals surface area contributed by atoms with Crippen molar-refractivity contribution in [2.24, 2.45) is 12.5 Å². The summed E-state index contributed by atoms with van der Waals surface area (Å²) < 4.78 is 16.5. The molecular weight excluding hydrogens is 491 g/mol. The zero-order valence-electron chi connectivity index (χ0n) is 23.5. The van der Waals surface area contributed by atoms with Gasteiger partial charge in [-0.25, -0.2) is 9.07 Å². The molecule has 1 aliphatic rings. The first-order valence-electron chi connectivity index (χ1n) is 13.6. The second-order valence-electron chi connectivity index (χ2n) is 11.9. The van der Waals surface area contributed by atoms with E-state index in [1.165, 1.54) is 0 Å². The molecule has 7 heteroatoms. The third kappa shape index (κ3) is 5.59. The number of halogens is 1. The molecule has 4 aromatic rings. The van der Waals surface area contributed by atoms with Crippen LogP contribution in [0.1, 0.15) is 71.6 Å². The second kappa shape index (κ2) is 10.5. The molecule has 0 spiro atoms. The van der Waals surface area contributed by atoms with Gasteiger partial charge in [0.1, 0.15) is 11.3 Å². The van der Waals surface area contributed by atoms with Gasteiger partial charge in [0.25, 0.3) is 0 Å². The Morgan fingerprint density at radius 3 is 2.72 bits per heavy atom. The normalized spacial score (nSPS) is 16.5. The fourth-order valence-electron chi connectivity index (χ4n) is 6.12. The molecule has 0 radical (unpaired) electrons. The van der Waals surface area contributed by atoms with E-state index in [1.807, 2.05) is 32.2 Å². The summed E-state index contributed by atoms with van der Waals surface area (Å²) in [6, 6.07) is 15.7. The van der Waals surface area contributed by atoms with Crippen LogP contribution in [0.15, 0.2) is 48.5 Å². The number of aryl methyl sites for hydroxylation is 3. The van der Waals surface area contributed by atoms with Crippen LogP contribution in [0.5, 0.6) is 0 Å². The zero-order chi connectivity index (χ0) is 27.9. The molecule has 5 rings (SSSR count). The van der Waals surface area contributed by atoms with Crippen LogP contribution in [-0.4, -0.2) is 37.5 Å². The zero-order valence-corrected chi connectivity index (χ0v) is 23.5. The van der Waals surface area contributed by atoms with E-state index in [2.05, 4.69) is 54.2 Å². The molecule has 0 aliphatic carbocycles. The summed E-state index contributed by atoms with van der Waals surface area (Å²) in [4.78, 5) is 14.4. The molecule has 1 N–H and O–H groups in total. The molecule has 204 valence electrons. The standard InChI is InChI=1S/C32H37FN4O2/c1-20-9-10-22(27(16-30(38)39)25-11-12-29-31(21(25)2)34-35-36(29)5)15-24(20)18-37-17-23-7-6-8-28(33)26(23)13-14-32(3,4)19-37/h6-12,15,27H,13-14,16-19H2,1-5H3,(H,38,39)/t27-/m0/s1. The van der Waals surface area contributed by atoms with Gasteiger partial charge in [-0.1, -0.05) is 55.5 Å². The van der Waals surface area contributed by atoms with E-state index in [0.717, 1.165) is 69.4 Å². The average Bonchev–Trinajstić information content (AvgIpc) is 3.24. The third-order valence-electron chi connectivity index (χ3n) is 8.32. The van der Waals surface area contributed by atoms with Crippen molar-refractivity contribution in [2.75, 3.05) is 6.54 Å². The molecular formula is C32H37FN4O2. The first-order valence-corrected chi connectivity index (χ1v) is 13.6. The highest BCUT2D eigenvalue weighted by Crippen LogP contribution is 2.35. The maximum atomic E-state index is 14.7. The highest BCUT2D eigenvalue weighted by atomic mass is 19.1. The summed E-state index contributed by atoms with van der Waals surface area (Å²) in [5, 5.41) is 18.3. The van der Waals surface area contributed by atoms with Crippen molar-refractivity contribution in [1.82, 2.24) is 19.9 Å². The fourth-order valence-corrected chi connectivity index (χ4v) is 6.12. The van der Waals surface area contributed by atoms with E-state index in [1.54, 1.807) is 16.8 Å². The molecule has 0 saturated carbocycles. The van der Waals surface area contributed by atoms with Gasteiger partial charge in [0, 0.05) is 32.6 Å². The van der Waals surface area contributed by atoms with E-state index in [0.29, 0.717) is 13.1 Å². The lowest BCUT2D eigenvalue weighted by molar-refractivity contribution is -0.137. The first-order chi connectivity index (χ1) is 18.5. The van der Waals surface area contributed by atoms with Crippen molar-refractivity contribution >= 4 is 17.0 Å². The minimum absolute atomic E-state index is 0.0154. The summed E-state index contributed by atoms with van der Waals surface area (Å²) in [7, 11) is 1.86. The van der Waals surface area contributed by atoms with Gasteiger partial charge < -0.3 is 5.11 Å². The van der Waals surface area contributed by atoms with Crippen molar-refractivity contribution in [3.8, 4) is 0 Å². The molecule has 6 nitrogen and oxygen atoms in total. The Kier molecular flexibility index (Phi) is 7.29. The topological polar surface area (TPSA) is 71.2 Å². The van der Waals surface area contributed by atoms with Crippen molar-refractivity contribution in [3.05, 3.63) is 93.3 Å². The van der Waals surface area contributed by atoms with Crippen LogP contribution < -0.4 is 0 Å². The molecule has 1 atom stereocenters. The number of rotatable bonds is 6. The van der Waals surface area contributed by atoms with Crippen LogP contribution in [0.3, 0.4) is 0 Å². The number of hydrogen-bond donors (Lipinski definition) is 1. The van der Waals surface area contributed by atoms with Crippen LogP contribution >= 0.6 is 0 Å². The highest BCUT2D eigenvalue weighted by molar-refractivity contribution is 5.80. The summed E-state index contributed by atoms with van der Waals surface area (Å²) in [6.07, 6.45) is 1.66. The largest absolute Gasteiger partial charge is 0.481 e. The van der Waals surface area contributed by atoms with Crippen LogP contribution in [0.2, 0.25) is 0 Å². The predicted octanol–water partition coefficient (Wildman–Crippen LogP) is 6.31. The van der Waals surface area contributed by atoms with Gasteiger partial charge in [-0.05, 0) is 83.2 Å². The first kappa shape index (κ1) is 27.0. The van der Waals surface area contributed by atoms with Crippen molar-refractivity contribution in [1.29, 1.82) is 0 Å². The van der Waals surface area contributed by atoms with E-state index in [9.17, 15) is 14.3 Å². The third-order valence-corrected chi connectivity index (χ3v) is 8.32. The predicted molar refractivity (Wildman–Crippen MR) is 151 cm³/mol. The fraction of sp³-hybridized carbons (Fsp3) is 0.406. The van der Waals surface area contributed by atoms with Gasteiger partial charge in [-0.3, -0.25) is 9.69 Å². The lowest BCUT2D eigenvalue weighted by Gasteiger charge is -2.36. The minimum atomic E-state index is -0.843. The molecule has 1 aliphatic heterocycles. The Morgan fingerprint density at radius 2 is 1.95 bits per heavy atom. The molecule has 0 unspecified atom stereocenters. The summed E-state index contributed by atoms with van der Waals surface area (Å²) in [5.74, 6) is -1.27. The van der Waals surface area contributed by atoms with Gasteiger partial charge in [-0.2, -0.15) is 0 Å². The van der Waals surface area contributed by atoms with Crippen molar-refractivity contribution < 1.29 is 14.3 Å². The highest BCUT2D eigenvalue weighted by Gasteiger charge is 2.28. The number of carbonyl (C=O) groups is 1. The number of carboxylic acids is 1. The van der Waals surface area contributed by atoms with Crippen molar-refractivity contribution in [3.63, 3.8) is 0 Å². The van der Waals surface area contributed by atoms with E-state index < -0.39 is 5.97 Å². The molecule has 1 aromatic heterocycles. The minimum Gasteiger partial charge on any atom is -0.481 e.